The number of ether oxygens (including phenoxy) is 1. The monoisotopic (exact) mass is 447 g/mol. The molecule has 1 saturated heterocycles. The van der Waals surface area contributed by atoms with E-state index in [1.54, 1.807) is 11.7 Å². The molecule has 2 aromatic heterocycles. The molecule has 0 aliphatic carbocycles. The van der Waals surface area contributed by atoms with Crippen molar-refractivity contribution in [1.82, 2.24) is 25.7 Å². The molecule has 4 rings (SSSR count). The number of carbonyl (C=O) groups excluding carboxylic acids is 1. The number of fused-ring (bicyclic) bond motifs is 3. The van der Waals surface area contributed by atoms with Crippen molar-refractivity contribution in [2.24, 2.45) is 0 Å². The number of benzene rings is 1. The van der Waals surface area contributed by atoms with Crippen LogP contribution in [0.15, 0.2) is 34.2 Å². The number of nitrogens with zero attached hydrogens (tertiary/aromatic N) is 2. The summed E-state index contributed by atoms with van der Waals surface area (Å²) in [6, 6.07) is 8.20. The van der Waals surface area contributed by atoms with Crippen LogP contribution in [0.2, 0.25) is 0 Å². The van der Waals surface area contributed by atoms with Gasteiger partial charge >= 0.3 is 0 Å². The maximum absolute atomic E-state index is 13.2. The second-order valence-electron chi connectivity index (χ2n) is 7.31. The van der Waals surface area contributed by atoms with E-state index < -0.39 is 0 Å². The van der Waals surface area contributed by atoms with Crippen LogP contribution >= 0.6 is 23.1 Å². The highest BCUT2D eigenvalue weighted by molar-refractivity contribution is 7.99. The van der Waals surface area contributed by atoms with Gasteiger partial charge in [-0.15, -0.1) is 11.3 Å². The summed E-state index contributed by atoms with van der Waals surface area (Å²) in [5, 5.41) is 4.50. The number of rotatable bonds is 8. The first-order valence-electron chi connectivity index (χ1n) is 9.91. The van der Waals surface area contributed by atoms with E-state index in [0.717, 1.165) is 16.5 Å². The van der Waals surface area contributed by atoms with Crippen molar-refractivity contribution in [3.8, 4) is 0 Å². The summed E-state index contributed by atoms with van der Waals surface area (Å²) in [7, 11) is 1.64. The van der Waals surface area contributed by atoms with Gasteiger partial charge in [0.2, 0.25) is 5.91 Å². The van der Waals surface area contributed by atoms with Crippen LogP contribution in [0.4, 0.5) is 0 Å². The molecule has 0 bridgehead atoms. The predicted molar refractivity (Wildman–Crippen MR) is 121 cm³/mol. The molecule has 1 aliphatic heterocycles. The first kappa shape index (κ1) is 21.3. The zero-order valence-electron chi connectivity index (χ0n) is 16.9. The molecule has 3 N–H and O–H groups in total. The molecule has 160 valence electrons. The Labute approximate surface area is 182 Å². The van der Waals surface area contributed by atoms with E-state index in [4.69, 9.17) is 9.72 Å². The second kappa shape index (κ2) is 9.44. The van der Waals surface area contributed by atoms with Gasteiger partial charge in [0, 0.05) is 36.4 Å². The van der Waals surface area contributed by atoms with Crippen LogP contribution in [0.3, 0.4) is 0 Å². The van der Waals surface area contributed by atoms with Crippen molar-refractivity contribution in [3.63, 3.8) is 0 Å². The topological polar surface area (TPSA) is 97.3 Å². The number of amides is 1. The van der Waals surface area contributed by atoms with Crippen molar-refractivity contribution in [2.75, 3.05) is 19.5 Å². The minimum atomic E-state index is -0.0960. The van der Waals surface area contributed by atoms with Crippen molar-refractivity contribution < 1.29 is 9.53 Å². The van der Waals surface area contributed by atoms with Gasteiger partial charge in [-0.2, -0.15) is 0 Å². The van der Waals surface area contributed by atoms with Crippen LogP contribution < -0.4 is 21.7 Å². The number of hydrogen-bond donors (Lipinski definition) is 3. The molecule has 1 aromatic carbocycles. The fourth-order valence-electron chi connectivity index (χ4n) is 3.50. The molecule has 1 aliphatic rings. The summed E-state index contributed by atoms with van der Waals surface area (Å²) in [5.74, 6) is 0.0954. The summed E-state index contributed by atoms with van der Waals surface area (Å²) in [5.41, 5.74) is 6.80. The number of nitrogens with one attached hydrogen (secondary N) is 3. The minimum absolute atomic E-state index is 0.0595. The van der Waals surface area contributed by atoms with Gasteiger partial charge in [0.25, 0.3) is 5.56 Å². The minimum Gasteiger partial charge on any atom is -0.385 e. The van der Waals surface area contributed by atoms with Crippen molar-refractivity contribution in [2.45, 2.75) is 43.7 Å². The highest BCUT2D eigenvalue weighted by atomic mass is 32.2. The second-order valence-corrected chi connectivity index (χ2v) is 9.30. The summed E-state index contributed by atoms with van der Waals surface area (Å²) in [6.07, 6.45) is 1.43. The predicted octanol–water partition coefficient (Wildman–Crippen LogP) is 2.07. The molecule has 2 atom stereocenters. The quantitative estimate of drug-likeness (QED) is 0.276. The maximum atomic E-state index is 13.2. The average molecular weight is 448 g/mol. The number of thiophene rings is 1. The Morgan fingerprint density at radius 2 is 2.23 bits per heavy atom. The van der Waals surface area contributed by atoms with E-state index in [-0.39, 0.29) is 23.4 Å². The molecule has 0 saturated carbocycles. The van der Waals surface area contributed by atoms with Crippen LogP contribution in [-0.2, 0) is 16.1 Å². The number of thioether (sulfide) groups is 1. The van der Waals surface area contributed by atoms with Gasteiger partial charge in [0.05, 0.1) is 17.4 Å². The van der Waals surface area contributed by atoms with E-state index in [1.807, 2.05) is 24.3 Å². The molecule has 0 spiro atoms. The molecule has 30 heavy (non-hydrogen) atoms. The van der Waals surface area contributed by atoms with Gasteiger partial charge < -0.3 is 10.1 Å². The van der Waals surface area contributed by atoms with E-state index in [1.165, 1.54) is 23.1 Å². The summed E-state index contributed by atoms with van der Waals surface area (Å²) in [6.45, 7) is 3.11. The fraction of sp³-hybridized carbons (Fsp3) is 0.450. The molecular weight excluding hydrogens is 422 g/mol. The zero-order valence-corrected chi connectivity index (χ0v) is 18.6. The Kier molecular flexibility index (Phi) is 6.69. The molecule has 0 radical (unpaired) electrons. The Hall–Kier alpha value is -1.98. The average Bonchev–Trinajstić information content (AvgIpc) is 3.31. The van der Waals surface area contributed by atoms with Crippen LogP contribution in [0.1, 0.15) is 19.8 Å². The molecule has 1 amide bonds. The Morgan fingerprint density at radius 1 is 1.40 bits per heavy atom. The highest BCUT2D eigenvalue weighted by Crippen LogP contribution is 2.31. The molecule has 3 aromatic rings. The zero-order chi connectivity index (χ0) is 21.1. The maximum Gasteiger partial charge on any atom is 0.272 e. The van der Waals surface area contributed by atoms with Crippen LogP contribution in [0, 0.1) is 0 Å². The summed E-state index contributed by atoms with van der Waals surface area (Å²) >= 11 is 2.76. The van der Waals surface area contributed by atoms with E-state index >= 15 is 0 Å². The van der Waals surface area contributed by atoms with Gasteiger partial charge in [-0.3, -0.25) is 19.6 Å². The fourth-order valence-corrected chi connectivity index (χ4v) is 5.42. The third-order valence-corrected chi connectivity index (χ3v) is 7.06. The van der Waals surface area contributed by atoms with E-state index in [9.17, 15) is 9.59 Å². The third kappa shape index (κ3) is 4.52. The van der Waals surface area contributed by atoms with Gasteiger partial charge in [-0.25, -0.2) is 10.4 Å². The number of hydrazine groups is 1. The normalized spacial score (nSPS) is 19.0. The number of methoxy groups -OCH3 is 1. The van der Waals surface area contributed by atoms with Crippen LogP contribution in [0.25, 0.3) is 20.3 Å². The number of carbonyl (C=O) groups is 1. The van der Waals surface area contributed by atoms with E-state index in [2.05, 4.69) is 23.1 Å². The lowest BCUT2D eigenvalue weighted by Gasteiger charge is -2.14. The molecule has 1 fully saturated rings. The van der Waals surface area contributed by atoms with Crippen LogP contribution in [0.5, 0.6) is 0 Å². The molecule has 2 unspecified atom stereocenters. The van der Waals surface area contributed by atoms with Gasteiger partial charge in [0.1, 0.15) is 4.70 Å². The Morgan fingerprint density at radius 3 is 3.00 bits per heavy atom. The Bertz CT molecular complexity index is 1110. The third-order valence-electron chi connectivity index (χ3n) is 4.94. The van der Waals surface area contributed by atoms with Crippen molar-refractivity contribution in [3.05, 3.63) is 34.6 Å². The number of aromatic nitrogens is 2. The first-order valence-corrected chi connectivity index (χ1v) is 11.7. The standard InChI is InChI=1S/C20H25N5O3S2/c1-12-10-15(24-23-12)21-16(26)11-29-20-22-17-13-6-3-4-7-14(13)30-18(17)19(27)25(20)8-5-9-28-2/h3-4,6-7,12,15,23-24H,5,8-11H2,1-2H3,(H,21,26). The molecule has 3 heterocycles. The Balaban J connectivity index is 1.60. The smallest absolute Gasteiger partial charge is 0.272 e. The van der Waals surface area contributed by atoms with Crippen molar-refractivity contribution in [1.29, 1.82) is 0 Å². The first-order chi connectivity index (χ1) is 14.6. The number of hydrogen-bond acceptors (Lipinski definition) is 8. The summed E-state index contributed by atoms with van der Waals surface area (Å²) < 4.78 is 8.50. The molecule has 10 heteroatoms. The van der Waals surface area contributed by atoms with Gasteiger partial charge in [0.15, 0.2) is 5.16 Å². The lowest BCUT2D eigenvalue weighted by Crippen LogP contribution is -2.45. The molecular formula is C20H25N5O3S2. The van der Waals surface area contributed by atoms with Crippen LogP contribution in [-0.4, -0.2) is 47.1 Å². The highest BCUT2D eigenvalue weighted by Gasteiger charge is 2.22. The lowest BCUT2D eigenvalue weighted by atomic mass is 10.2. The largest absolute Gasteiger partial charge is 0.385 e. The van der Waals surface area contributed by atoms with E-state index in [0.29, 0.717) is 41.0 Å². The molecule has 8 nitrogen and oxygen atoms in total. The van der Waals surface area contributed by atoms with Gasteiger partial charge in [-0.05, 0) is 25.8 Å². The van der Waals surface area contributed by atoms with Crippen molar-refractivity contribution >= 4 is 49.3 Å². The lowest BCUT2D eigenvalue weighted by molar-refractivity contribution is -0.119. The SMILES string of the molecule is COCCCn1c(SCC(=O)NC2CC(C)NN2)nc2c(sc3ccccc32)c1=O. The van der Waals surface area contributed by atoms with Gasteiger partial charge in [-0.1, -0.05) is 30.0 Å². The summed E-state index contributed by atoms with van der Waals surface area (Å²) in [4.78, 5) is 30.5.